The van der Waals surface area contributed by atoms with E-state index in [0.29, 0.717) is 0 Å². The highest BCUT2D eigenvalue weighted by atomic mass is 32.1. The summed E-state index contributed by atoms with van der Waals surface area (Å²) in [6.07, 6.45) is 3.63. The van der Waals surface area contributed by atoms with Crippen LogP contribution in [0.3, 0.4) is 0 Å². The third-order valence-electron chi connectivity index (χ3n) is 4.25. The SMILES string of the molecule is CNC(c1ccc2ccccc2c1)c1nc2c(s1)CCC2. The molecule has 0 fully saturated rings. The molecule has 0 saturated carbocycles. The molecule has 106 valence electrons. The minimum atomic E-state index is 0.199. The highest BCUT2D eigenvalue weighted by molar-refractivity contribution is 7.11. The first-order chi connectivity index (χ1) is 10.3. The maximum atomic E-state index is 4.87. The molecule has 1 N–H and O–H groups in total. The molecular formula is C18H18N2S. The molecule has 21 heavy (non-hydrogen) atoms. The zero-order valence-electron chi connectivity index (χ0n) is 12.1. The van der Waals surface area contributed by atoms with Gasteiger partial charge in [0.1, 0.15) is 5.01 Å². The van der Waals surface area contributed by atoms with E-state index in [9.17, 15) is 0 Å². The third-order valence-corrected chi connectivity index (χ3v) is 5.48. The number of hydrogen-bond donors (Lipinski definition) is 1. The Bertz CT molecular complexity index is 769. The van der Waals surface area contributed by atoms with Crippen molar-refractivity contribution in [2.24, 2.45) is 0 Å². The minimum Gasteiger partial charge on any atom is -0.307 e. The summed E-state index contributed by atoms with van der Waals surface area (Å²) >= 11 is 1.88. The normalized spacial score (nSPS) is 15.3. The molecule has 0 saturated heterocycles. The van der Waals surface area contributed by atoms with Crippen molar-refractivity contribution in [2.45, 2.75) is 25.3 Å². The average molecular weight is 294 g/mol. The molecule has 0 spiro atoms. The Morgan fingerprint density at radius 2 is 1.95 bits per heavy atom. The summed E-state index contributed by atoms with van der Waals surface area (Å²) in [5.41, 5.74) is 2.62. The molecule has 3 heteroatoms. The second-order valence-corrected chi connectivity index (χ2v) is 6.72. The van der Waals surface area contributed by atoms with E-state index in [4.69, 9.17) is 4.98 Å². The van der Waals surface area contributed by atoms with Crippen molar-refractivity contribution in [3.05, 3.63) is 63.6 Å². The van der Waals surface area contributed by atoms with Crippen LogP contribution in [0.25, 0.3) is 10.8 Å². The van der Waals surface area contributed by atoms with Crippen LogP contribution in [0.5, 0.6) is 0 Å². The second-order valence-electron chi connectivity index (χ2n) is 5.60. The quantitative estimate of drug-likeness (QED) is 0.787. The number of rotatable bonds is 3. The van der Waals surface area contributed by atoms with Crippen LogP contribution in [-0.4, -0.2) is 12.0 Å². The fourth-order valence-corrected chi connectivity index (χ4v) is 4.45. The molecule has 0 bridgehead atoms. The molecule has 1 aliphatic rings. The van der Waals surface area contributed by atoms with Gasteiger partial charge in [0.25, 0.3) is 0 Å². The largest absolute Gasteiger partial charge is 0.307 e. The van der Waals surface area contributed by atoms with Crippen LogP contribution < -0.4 is 5.32 Å². The van der Waals surface area contributed by atoms with Gasteiger partial charge in [-0.15, -0.1) is 11.3 Å². The van der Waals surface area contributed by atoms with E-state index in [1.165, 1.54) is 44.8 Å². The van der Waals surface area contributed by atoms with Gasteiger partial charge in [-0.2, -0.15) is 0 Å². The molecule has 4 rings (SSSR count). The highest BCUT2D eigenvalue weighted by Gasteiger charge is 2.22. The van der Waals surface area contributed by atoms with Crippen molar-refractivity contribution >= 4 is 22.1 Å². The lowest BCUT2D eigenvalue weighted by Gasteiger charge is -2.15. The van der Waals surface area contributed by atoms with E-state index < -0.39 is 0 Å². The maximum absolute atomic E-state index is 4.87. The monoisotopic (exact) mass is 294 g/mol. The molecule has 2 aromatic carbocycles. The first kappa shape index (κ1) is 13.0. The van der Waals surface area contributed by atoms with Crippen molar-refractivity contribution in [2.75, 3.05) is 7.05 Å². The van der Waals surface area contributed by atoms with E-state index in [2.05, 4.69) is 47.8 Å². The topological polar surface area (TPSA) is 24.9 Å². The Morgan fingerprint density at radius 1 is 1.10 bits per heavy atom. The number of nitrogens with zero attached hydrogens (tertiary/aromatic N) is 1. The van der Waals surface area contributed by atoms with Crippen molar-refractivity contribution in [1.82, 2.24) is 10.3 Å². The minimum absolute atomic E-state index is 0.199. The number of fused-ring (bicyclic) bond motifs is 2. The Balaban J connectivity index is 1.76. The van der Waals surface area contributed by atoms with Crippen molar-refractivity contribution < 1.29 is 0 Å². The predicted molar refractivity (Wildman–Crippen MR) is 89.0 cm³/mol. The molecule has 1 aromatic heterocycles. The molecule has 2 nitrogen and oxygen atoms in total. The molecule has 1 aliphatic carbocycles. The van der Waals surface area contributed by atoms with Crippen LogP contribution in [0.15, 0.2) is 42.5 Å². The maximum Gasteiger partial charge on any atom is 0.115 e. The van der Waals surface area contributed by atoms with E-state index in [1.807, 2.05) is 18.4 Å². The van der Waals surface area contributed by atoms with Crippen LogP contribution in [0.4, 0.5) is 0 Å². The zero-order chi connectivity index (χ0) is 14.2. The van der Waals surface area contributed by atoms with Gasteiger partial charge in [-0.05, 0) is 48.7 Å². The lowest BCUT2D eigenvalue weighted by atomic mass is 10.0. The highest BCUT2D eigenvalue weighted by Crippen LogP contribution is 2.33. The summed E-state index contributed by atoms with van der Waals surface area (Å²) in [6, 6.07) is 15.4. The molecule has 1 atom stereocenters. The lowest BCUT2D eigenvalue weighted by molar-refractivity contribution is 0.683. The van der Waals surface area contributed by atoms with Crippen molar-refractivity contribution in [3.63, 3.8) is 0 Å². The van der Waals surface area contributed by atoms with Gasteiger partial charge in [0.05, 0.1) is 11.7 Å². The summed E-state index contributed by atoms with van der Waals surface area (Å²) < 4.78 is 0. The third kappa shape index (κ3) is 2.27. The number of thiazole rings is 1. The van der Waals surface area contributed by atoms with Crippen LogP contribution in [0.1, 0.15) is 33.6 Å². The molecule has 1 unspecified atom stereocenters. The standard InChI is InChI=1S/C18H18N2S/c1-19-17(18-20-15-7-4-8-16(15)21-18)14-10-9-12-5-2-3-6-13(12)11-14/h2-3,5-6,9-11,17,19H,4,7-8H2,1H3. The fraction of sp³-hybridized carbons (Fsp3) is 0.278. The first-order valence-electron chi connectivity index (χ1n) is 7.49. The van der Waals surface area contributed by atoms with Crippen LogP contribution in [0, 0.1) is 0 Å². The molecule has 0 aliphatic heterocycles. The van der Waals surface area contributed by atoms with E-state index in [1.54, 1.807) is 0 Å². The average Bonchev–Trinajstić information content (AvgIpc) is 3.09. The number of aryl methyl sites for hydroxylation is 2. The smallest absolute Gasteiger partial charge is 0.115 e. The first-order valence-corrected chi connectivity index (χ1v) is 8.31. The van der Waals surface area contributed by atoms with Gasteiger partial charge in [-0.3, -0.25) is 0 Å². The summed E-state index contributed by atoms with van der Waals surface area (Å²) in [5.74, 6) is 0. The molecule has 3 aromatic rings. The Morgan fingerprint density at radius 3 is 2.76 bits per heavy atom. The van der Waals surface area contributed by atoms with E-state index in [-0.39, 0.29) is 6.04 Å². The molecule has 0 amide bonds. The summed E-state index contributed by atoms with van der Waals surface area (Å²) in [6.45, 7) is 0. The molecule has 1 heterocycles. The number of hydrogen-bond acceptors (Lipinski definition) is 3. The van der Waals surface area contributed by atoms with Gasteiger partial charge in [0.15, 0.2) is 0 Å². The van der Waals surface area contributed by atoms with Gasteiger partial charge < -0.3 is 5.32 Å². The van der Waals surface area contributed by atoms with Gasteiger partial charge >= 0.3 is 0 Å². The summed E-state index contributed by atoms with van der Waals surface area (Å²) in [7, 11) is 2.02. The fourth-order valence-electron chi connectivity index (χ4n) is 3.15. The van der Waals surface area contributed by atoms with Gasteiger partial charge in [-0.1, -0.05) is 36.4 Å². The van der Waals surface area contributed by atoms with Crippen LogP contribution in [-0.2, 0) is 12.8 Å². The number of nitrogens with one attached hydrogen (secondary N) is 1. The van der Waals surface area contributed by atoms with E-state index >= 15 is 0 Å². The number of benzene rings is 2. The number of aromatic nitrogens is 1. The Hall–Kier alpha value is -1.71. The summed E-state index contributed by atoms with van der Waals surface area (Å²) in [5, 5.41) is 7.22. The van der Waals surface area contributed by atoms with Gasteiger partial charge in [0, 0.05) is 4.88 Å². The Labute approximate surface area is 128 Å². The molecule has 0 radical (unpaired) electrons. The summed E-state index contributed by atoms with van der Waals surface area (Å²) in [4.78, 5) is 6.37. The second kappa shape index (κ2) is 5.24. The van der Waals surface area contributed by atoms with E-state index in [0.717, 1.165) is 6.42 Å². The zero-order valence-corrected chi connectivity index (χ0v) is 12.9. The predicted octanol–water partition coefficient (Wildman–Crippen LogP) is 4.09. The lowest BCUT2D eigenvalue weighted by Crippen LogP contribution is -2.17. The van der Waals surface area contributed by atoms with Crippen molar-refractivity contribution in [1.29, 1.82) is 0 Å². The van der Waals surface area contributed by atoms with Gasteiger partial charge in [0.2, 0.25) is 0 Å². The molecular weight excluding hydrogens is 276 g/mol. The Kier molecular flexibility index (Phi) is 3.24. The van der Waals surface area contributed by atoms with Crippen LogP contribution >= 0.6 is 11.3 Å². The van der Waals surface area contributed by atoms with Gasteiger partial charge in [-0.25, -0.2) is 4.98 Å². The van der Waals surface area contributed by atoms with Crippen LogP contribution in [0.2, 0.25) is 0 Å². The van der Waals surface area contributed by atoms with Crippen molar-refractivity contribution in [3.8, 4) is 0 Å².